The molecule has 5 heteroatoms. The van der Waals surface area contributed by atoms with Gasteiger partial charge in [-0.3, -0.25) is 4.79 Å². The van der Waals surface area contributed by atoms with E-state index in [1.165, 1.54) is 0 Å². The summed E-state index contributed by atoms with van der Waals surface area (Å²) in [5.41, 5.74) is 5.98. The van der Waals surface area contributed by atoms with Crippen LogP contribution in [-0.2, 0) is 0 Å². The average molecular weight is 322 g/mol. The van der Waals surface area contributed by atoms with Crippen LogP contribution < -0.4 is 20.5 Å². The number of benzene rings is 1. The molecule has 0 saturated heterocycles. The van der Waals surface area contributed by atoms with E-state index in [0.29, 0.717) is 42.7 Å². The first-order valence-electron chi connectivity index (χ1n) is 8.27. The molecule has 23 heavy (non-hydrogen) atoms. The van der Waals surface area contributed by atoms with Gasteiger partial charge in [0.2, 0.25) is 0 Å². The van der Waals surface area contributed by atoms with Crippen molar-refractivity contribution >= 4 is 5.91 Å². The number of carbonyl (C=O) groups is 1. The molecule has 1 amide bonds. The average Bonchev–Trinajstić information content (AvgIpc) is 2.48. The molecule has 1 aromatic rings. The quantitative estimate of drug-likeness (QED) is 0.733. The second-order valence-corrected chi connectivity index (χ2v) is 6.34. The van der Waals surface area contributed by atoms with Crippen LogP contribution in [0, 0.1) is 5.92 Å². The summed E-state index contributed by atoms with van der Waals surface area (Å²) in [4.78, 5) is 12.6. The maximum Gasteiger partial charge on any atom is 0.251 e. The number of carbonyl (C=O) groups excluding carboxylic acids is 1. The third-order valence-corrected chi connectivity index (χ3v) is 3.53. The number of nitrogens with one attached hydrogen (secondary N) is 1. The fourth-order valence-corrected chi connectivity index (χ4v) is 2.63. The zero-order valence-electron chi connectivity index (χ0n) is 14.9. The van der Waals surface area contributed by atoms with Crippen LogP contribution in [0.1, 0.15) is 51.4 Å². The minimum absolute atomic E-state index is 0.150. The minimum Gasteiger partial charge on any atom is -0.490 e. The van der Waals surface area contributed by atoms with Crippen LogP contribution in [-0.4, -0.2) is 31.2 Å². The van der Waals surface area contributed by atoms with Crippen molar-refractivity contribution in [2.24, 2.45) is 11.7 Å². The predicted octanol–water partition coefficient (Wildman–Crippen LogP) is 2.98. The highest BCUT2D eigenvalue weighted by atomic mass is 16.5. The standard InChI is InChI=1S/C18H30N2O3/c1-6-22-15-9-8-14(10-16(15)23-7-2)17(21)20-18(5,12-19)11-13(3)4/h8-10,13H,6-7,11-12,19H2,1-5H3,(H,20,21). The summed E-state index contributed by atoms with van der Waals surface area (Å²) in [5, 5.41) is 3.05. The molecule has 1 rings (SSSR count). The Hall–Kier alpha value is -1.75. The molecular formula is C18H30N2O3. The van der Waals surface area contributed by atoms with E-state index in [4.69, 9.17) is 15.2 Å². The highest BCUT2D eigenvalue weighted by molar-refractivity contribution is 5.95. The topological polar surface area (TPSA) is 73.6 Å². The second kappa shape index (κ2) is 8.77. The summed E-state index contributed by atoms with van der Waals surface area (Å²) in [5.74, 6) is 1.53. The normalized spacial score (nSPS) is 13.5. The van der Waals surface area contributed by atoms with Gasteiger partial charge in [-0.15, -0.1) is 0 Å². The number of hydrogen-bond donors (Lipinski definition) is 2. The van der Waals surface area contributed by atoms with Crippen molar-refractivity contribution in [2.45, 2.75) is 46.6 Å². The van der Waals surface area contributed by atoms with Gasteiger partial charge in [0.15, 0.2) is 11.5 Å². The number of hydrogen-bond acceptors (Lipinski definition) is 4. The van der Waals surface area contributed by atoms with Crippen LogP contribution in [0.2, 0.25) is 0 Å². The van der Waals surface area contributed by atoms with Crippen LogP contribution >= 0.6 is 0 Å². The van der Waals surface area contributed by atoms with Crippen molar-refractivity contribution in [1.82, 2.24) is 5.32 Å². The Labute approximate surface area is 139 Å². The van der Waals surface area contributed by atoms with E-state index in [1.807, 2.05) is 20.8 Å². The Bertz CT molecular complexity index is 517. The molecule has 0 bridgehead atoms. The Morgan fingerprint density at radius 1 is 1.22 bits per heavy atom. The third kappa shape index (κ3) is 5.75. The zero-order chi connectivity index (χ0) is 17.5. The molecule has 0 aliphatic heterocycles. The van der Waals surface area contributed by atoms with Gasteiger partial charge in [-0.1, -0.05) is 13.8 Å². The fourth-order valence-electron chi connectivity index (χ4n) is 2.63. The van der Waals surface area contributed by atoms with Crippen LogP contribution in [0.4, 0.5) is 0 Å². The second-order valence-electron chi connectivity index (χ2n) is 6.34. The van der Waals surface area contributed by atoms with Gasteiger partial charge < -0.3 is 20.5 Å². The smallest absolute Gasteiger partial charge is 0.251 e. The van der Waals surface area contributed by atoms with Gasteiger partial charge in [-0.2, -0.15) is 0 Å². The van der Waals surface area contributed by atoms with Crippen molar-refractivity contribution in [3.63, 3.8) is 0 Å². The molecule has 1 aromatic carbocycles. The van der Waals surface area contributed by atoms with Crippen molar-refractivity contribution in [3.05, 3.63) is 23.8 Å². The van der Waals surface area contributed by atoms with Gasteiger partial charge in [-0.05, 0) is 51.3 Å². The van der Waals surface area contributed by atoms with Gasteiger partial charge in [0.05, 0.1) is 13.2 Å². The maximum absolute atomic E-state index is 12.6. The molecule has 0 saturated carbocycles. The minimum atomic E-state index is -0.421. The summed E-state index contributed by atoms with van der Waals surface area (Å²) in [6.07, 6.45) is 0.824. The van der Waals surface area contributed by atoms with E-state index in [0.717, 1.165) is 6.42 Å². The molecule has 0 fully saturated rings. The Kier molecular flexibility index (Phi) is 7.36. The van der Waals surface area contributed by atoms with Crippen molar-refractivity contribution < 1.29 is 14.3 Å². The molecule has 5 nitrogen and oxygen atoms in total. The van der Waals surface area contributed by atoms with E-state index in [1.54, 1.807) is 18.2 Å². The Morgan fingerprint density at radius 2 is 1.83 bits per heavy atom. The molecule has 0 spiro atoms. The van der Waals surface area contributed by atoms with Crippen LogP contribution in [0.25, 0.3) is 0 Å². The number of rotatable bonds is 9. The van der Waals surface area contributed by atoms with E-state index < -0.39 is 5.54 Å². The summed E-state index contributed by atoms with van der Waals surface area (Å²) in [6, 6.07) is 5.23. The van der Waals surface area contributed by atoms with Crippen molar-refractivity contribution in [1.29, 1.82) is 0 Å². The number of ether oxygens (including phenoxy) is 2. The molecule has 0 radical (unpaired) electrons. The molecule has 0 aliphatic rings. The van der Waals surface area contributed by atoms with Gasteiger partial charge in [0.1, 0.15) is 0 Å². The monoisotopic (exact) mass is 322 g/mol. The summed E-state index contributed by atoms with van der Waals surface area (Å²) < 4.78 is 11.1. The summed E-state index contributed by atoms with van der Waals surface area (Å²) in [6.45, 7) is 11.5. The van der Waals surface area contributed by atoms with Gasteiger partial charge >= 0.3 is 0 Å². The van der Waals surface area contributed by atoms with E-state index in [9.17, 15) is 4.79 Å². The number of amides is 1. The SMILES string of the molecule is CCOc1ccc(C(=O)NC(C)(CN)CC(C)C)cc1OCC. The predicted molar refractivity (Wildman–Crippen MR) is 93.2 cm³/mol. The van der Waals surface area contributed by atoms with Crippen LogP contribution in [0.5, 0.6) is 11.5 Å². The lowest BCUT2D eigenvalue weighted by molar-refractivity contribution is 0.0897. The van der Waals surface area contributed by atoms with E-state index in [2.05, 4.69) is 19.2 Å². The third-order valence-electron chi connectivity index (χ3n) is 3.53. The maximum atomic E-state index is 12.6. The first kappa shape index (κ1) is 19.3. The number of nitrogens with two attached hydrogens (primary N) is 1. The first-order chi connectivity index (χ1) is 10.8. The molecule has 0 heterocycles. The summed E-state index contributed by atoms with van der Waals surface area (Å²) in [7, 11) is 0. The lowest BCUT2D eigenvalue weighted by Gasteiger charge is -2.31. The first-order valence-corrected chi connectivity index (χ1v) is 8.27. The molecule has 130 valence electrons. The Balaban J connectivity index is 2.96. The molecule has 0 aromatic heterocycles. The van der Waals surface area contributed by atoms with Crippen molar-refractivity contribution in [2.75, 3.05) is 19.8 Å². The summed E-state index contributed by atoms with van der Waals surface area (Å²) >= 11 is 0. The molecule has 1 unspecified atom stereocenters. The van der Waals surface area contributed by atoms with E-state index in [-0.39, 0.29) is 5.91 Å². The van der Waals surface area contributed by atoms with Crippen LogP contribution in [0.15, 0.2) is 18.2 Å². The fraction of sp³-hybridized carbons (Fsp3) is 0.611. The lowest BCUT2D eigenvalue weighted by Crippen LogP contribution is -2.52. The highest BCUT2D eigenvalue weighted by Gasteiger charge is 2.26. The largest absolute Gasteiger partial charge is 0.490 e. The zero-order valence-corrected chi connectivity index (χ0v) is 14.9. The van der Waals surface area contributed by atoms with Crippen molar-refractivity contribution in [3.8, 4) is 11.5 Å². The van der Waals surface area contributed by atoms with Crippen LogP contribution in [0.3, 0.4) is 0 Å². The highest BCUT2D eigenvalue weighted by Crippen LogP contribution is 2.29. The molecule has 3 N–H and O–H groups in total. The molecule has 1 atom stereocenters. The van der Waals surface area contributed by atoms with Gasteiger partial charge in [-0.25, -0.2) is 0 Å². The molecular weight excluding hydrogens is 292 g/mol. The molecule has 0 aliphatic carbocycles. The Morgan fingerprint density at radius 3 is 2.35 bits per heavy atom. The van der Waals surface area contributed by atoms with Gasteiger partial charge in [0.25, 0.3) is 5.91 Å². The van der Waals surface area contributed by atoms with E-state index >= 15 is 0 Å². The lowest BCUT2D eigenvalue weighted by atomic mass is 9.90. The van der Waals surface area contributed by atoms with Gasteiger partial charge in [0, 0.05) is 17.6 Å².